The fourth-order valence-corrected chi connectivity index (χ4v) is 10.2. The lowest BCUT2D eigenvalue weighted by Gasteiger charge is -2.64. The number of phosphoric ester groups is 3. The summed E-state index contributed by atoms with van der Waals surface area (Å²) in [6.07, 6.45) is 0.237. The third-order valence-corrected chi connectivity index (χ3v) is 10.6. The number of hydrogen-bond donors (Lipinski definition) is 1. The predicted octanol–water partition coefficient (Wildman–Crippen LogP) is -0.312. The number of hydrogen-bond acceptors (Lipinski definition) is 16. The highest BCUT2D eigenvalue weighted by molar-refractivity contribution is 7.51. The van der Waals surface area contributed by atoms with Crippen LogP contribution in [0.3, 0.4) is 0 Å². The molecule has 18 nitrogen and oxygen atoms in total. The second-order valence-electron chi connectivity index (χ2n) is 8.19. The van der Waals surface area contributed by atoms with E-state index in [1.54, 1.807) is 0 Å². The summed E-state index contributed by atoms with van der Waals surface area (Å²) in [6, 6.07) is 0. The Morgan fingerprint density at radius 1 is 0.941 bits per heavy atom. The van der Waals surface area contributed by atoms with E-state index in [9.17, 15) is 28.4 Å². The largest absolute Gasteiger partial charge is 0.613 e. The van der Waals surface area contributed by atoms with E-state index in [-0.39, 0.29) is 24.0 Å². The molecule has 10 aliphatic heterocycles. The van der Waals surface area contributed by atoms with Crippen molar-refractivity contribution in [1.29, 1.82) is 0 Å². The van der Waals surface area contributed by atoms with Crippen molar-refractivity contribution in [3.8, 4) is 5.88 Å². The van der Waals surface area contributed by atoms with Gasteiger partial charge in [-0.25, -0.2) is 54.7 Å². The van der Waals surface area contributed by atoms with E-state index in [2.05, 4.69) is 0 Å². The molecule has 5 fully saturated rings. The quantitative estimate of drug-likeness (QED) is 0.484. The van der Waals surface area contributed by atoms with E-state index < -0.39 is 82.6 Å². The lowest BCUT2D eigenvalue weighted by molar-refractivity contribution is -0.467. The molecule has 1 aromatic heterocycles. The maximum atomic E-state index is 13.5. The van der Waals surface area contributed by atoms with Gasteiger partial charge in [0.2, 0.25) is 11.7 Å². The van der Waals surface area contributed by atoms with Crippen LogP contribution < -0.4 is 20.4 Å². The third-order valence-electron chi connectivity index (χ3n) is 6.45. The molecule has 1 aliphatic carbocycles. The first-order valence-corrected chi connectivity index (χ1v) is 14.2. The molecule has 34 heavy (non-hydrogen) atoms. The molecule has 3 atom stereocenters. The molecular weight excluding hydrogens is 533 g/mol. The summed E-state index contributed by atoms with van der Waals surface area (Å²) in [5.41, 5.74) is -5.43. The zero-order valence-corrected chi connectivity index (χ0v) is 19.0. The molecule has 4 saturated heterocycles. The van der Waals surface area contributed by atoms with E-state index in [1.165, 1.54) is 0 Å². The van der Waals surface area contributed by atoms with Gasteiger partial charge in [-0.1, -0.05) is 4.73 Å². The highest BCUT2D eigenvalue weighted by Crippen LogP contribution is 2.86. The van der Waals surface area contributed by atoms with E-state index in [0.29, 0.717) is 4.57 Å². The molecule has 3 unspecified atom stereocenters. The minimum Gasteiger partial charge on any atom is -0.394 e. The molecular formula is C13H11N2O16P3. The maximum absolute atomic E-state index is 13.5. The van der Waals surface area contributed by atoms with Crippen molar-refractivity contribution < 1.29 is 64.4 Å². The van der Waals surface area contributed by atoms with Crippen LogP contribution in [0.1, 0.15) is 24.8 Å². The van der Waals surface area contributed by atoms with Gasteiger partial charge in [0, 0.05) is 6.42 Å². The van der Waals surface area contributed by atoms with Gasteiger partial charge >= 0.3 is 46.6 Å². The highest BCUT2D eigenvalue weighted by Gasteiger charge is 2.90. The smallest absolute Gasteiger partial charge is 0.394 e. The topological polar surface area (TPSA) is 208 Å². The second-order valence-corrected chi connectivity index (χ2v) is 12.5. The van der Waals surface area contributed by atoms with Crippen LogP contribution in [0, 0.1) is 0 Å². The Morgan fingerprint density at radius 3 is 2.32 bits per heavy atom. The molecule has 1 aromatic rings. The summed E-state index contributed by atoms with van der Waals surface area (Å²) in [4.78, 5) is 26.5. The second kappa shape index (κ2) is 5.47. The van der Waals surface area contributed by atoms with E-state index in [0.717, 1.165) is 0 Å². The van der Waals surface area contributed by atoms with Gasteiger partial charge in [-0.2, -0.15) is 0 Å². The van der Waals surface area contributed by atoms with Gasteiger partial charge in [0.1, 0.15) is 0 Å². The molecule has 1 saturated carbocycles. The normalized spacial score (nSPS) is 52.1. The fraction of sp³-hybridized carbons (Fsp3) is 0.692. The fourth-order valence-electron chi connectivity index (χ4n) is 5.39. The maximum Gasteiger partial charge on any atom is 0.613 e. The van der Waals surface area contributed by atoms with Gasteiger partial charge < -0.3 is 14.4 Å². The average Bonchev–Trinajstić information content (AvgIpc) is 2.94. The van der Waals surface area contributed by atoms with Crippen LogP contribution in [-0.4, -0.2) is 39.0 Å². The van der Waals surface area contributed by atoms with Crippen LogP contribution in [0.4, 0.5) is 0 Å². The van der Waals surface area contributed by atoms with Crippen LogP contribution in [-0.2, 0) is 62.0 Å². The molecule has 184 valence electrons. The van der Waals surface area contributed by atoms with Gasteiger partial charge in [-0.3, -0.25) is 9.42 Å². The lowest BCUT2D eigenvalue weighted by Crippen LogP contribution is -2.78. The summed E-state index contributed by atoms with van der Waals surface area (Å²) in [7, 11) is -14.1. The van der Waals surface area contributed by atoms with Crippen molar-refractivity contribution in [2.75, 3.05) is 13.2 Å². The molecule has 9 bridgehead atoms. The summed E-state index contributed by atoms with van der Waals surface area (Å²) < 4.78 is 93.9. The molecule has 0 aromatic carbocycles. The van der Waals surface area contributed by atoms with Crippen molar-refractivity contribution in [2.24, 2.45) is 0 Å². The lowest BCUT2D eigenvalue weighted by atomic mass is 9.90. The number of aliphatic hydroxyl groups is 1. The summed E-state index contributed by atoms with van der Waals surface area (Å²) in [6.45, 7) is -0.937. The Hall–Kier alpha value is -1.39. The van der Waals surface area contributed by atoms with Crippen LogP contribution in [0.15, 0.2) is 9.59 Å². The Bertz CT molecular complexity index is 1480. The van der Waals surface area contributed by atoms with E-state index >= 15 is 0 Å². The van der Waals surface area contributed by atoms with Crippen molar-refractivity contribution >= 4 is 23.5 Å². The Labute approximate surface area is 185 Å². The summed E-state index contributed by atoms with van der Waals surface area (Å²) in [5, 5.41) is 9.46. The number of phosphoric acid groups is 3. The van der Waals surface area contributed by atoms with Crippen molar-refractivity contribution in [3.05, 3.63) is 26.4 Å². The monoisotopic (exact) mass is 544 g/mol. The van der Waals surface area contributed by atoms with Crippen LogP contribution >= 0.6 is 23.5 Å². The predicted molar refractivity (Wildman–Crippen MR) is 94.6 cm³/mol. The average molecular weight is 544 g/mol. The summed E-state index contributed by atoms with van der Waals surface area (Å²) >= 11 is 0. The first-order valence-electron chi connectivity index (χ1n) is 9.80. The molecule has 12 rings (SSSR count). The van der Waals surface area contributed by atoms with Crippen LogP contribution in [0.2, 0.25) is 0 Å². The molecule has 1 N–H and O–H groups in total. The third kappa shape index (κ3) is 1.94. The molecule has 0 radical (unpaired) electrons. The Balaban J connectivity index is 1.53. The van der Waals surface area contributed by atoms with Crippen molar-refractivity contribution in [2.45, 2.75) is 42.5 Å². The van der Waals surface area contributed by atoms with Crippen LogP contribution in [0.25, 0.3) is 0 Å². The molecule has 0 amide bonds. The SMILES string of the molecule is O=c1c2c3n4c(=O)n1OP(=O)(O3)OC21OP(=O)(O1)OC41OP2(=O)OC3(CCCC31OCCO)O2. The Morgan fingerprint density at radius 2 is 1.62 bits per heavy atom. The zero-order valence-electron chi connectivity index (χ0n) is 16.3. The minimum absolute atomic E-state index is 0.0380. The number of aromatic nitrogens is 2. The zero-order chi connectivity index (χ0) is 23.6. The first kappa shape index (κ1) is 20.8. The van der Waals surface area contributed by atoms with Crippen LogP contribution in [0.5, 0.6) is 5.88 Å². The van der Waals surface area contributed by atoms with E-state index in [4.69, 9.17) is 45.6 Å². The number of ether oxygens (including phenoxy) is 1. The number of nitrogens with zero attached hydrogens (tertiary/aromatic N) is 2. The molecule has 3 spiro atoms. The van der Waals surface area contributed by atoms with Crippen molar-refractivity contribution in [1.82, 2.24) is 9.30 Å². The number of rotatable bonds is 3. The summed E-state index contributed by atoms with van der Waals surface area (Å²) in [5.74, 6) is -8.13. The molecule has 11 heterocycles. The standard InChI is InChI=1S/C13H11N2O16P3/c16-4-5-22-10-2-1-3-11(10)24-33(20,25-11)29-13(10)14-8-6-7(17)15(9(14)18)31-32(19,23-8)26-12(6)27-34(21,28-12)30-13/h16H,1-5H2. The van der Waals surface area contributed by atoms with Gasteiger partial charge in [0.15, 0.2) is 11.2 Å². The van der Waals surface area contributed by atoms with Gasteiger partial charge in [-0.05, 0) is 12.8 Å². The molecule has 21 heteroatoms. The molecule has 11 aliphatic rings. The van der Waals surface area contributed by atoms with Gasteiger partial charge in [0.25, 0.3) is 0 Å². The first-order chi connectivity index (χ1) is 16.0. The van der Waals surface area contributed by atoms with E-state index in [1.807, 2.05) is 0 Å². The van der Waals surface area contributed by atoms with Gasteiger partial charge in [0.05, 0.1) is 13.2 Å². The number of aliphatic hydroxyl groups excluding tert-OH is 1. The minimum atomic E-state index is -4.81. The van der Waals surface area contributed by atoms with Crippen molar-refractivity contribution in [3.63, 3.8) is 0 Å². The Kier molecular flexibility index (Phi) is 3.34. The highest BCUT2D eigenvalue weighted by atomic mass is 31.2. The van der Waals surface area contributed by atoms with Gasteiger partial charge in [-0.15, -0.1) is 0 Å².